The zero-order valence-electron chi connectivity index (χ0n) is 11.2. The van der Waals surface area contributed by atoms with Crippen LogP contribution in [0.15, 0.2) is 23.5 Å². The number of nitroso groups, excluding NO2 is 1. The number of rotatable bonds is 5. The van der Waals surface area contributed by atoms with Gasteiger partial charge in [-0.25, -0.2) is 4.98 Å². The van der Waals surface area contributed by atoms with E-state index < -0.39 is 37.3 Å². The smallest absolute Gasteiger partial charge is 0.259 e. The van der Waals surface area contributed by atoms with Crippen LogP contribution in [0, 0.1) is 4.91 Å². The molecule has 5 atom stereocenters. The molecule has 1 saturated heterocycles. The molecule has 0 bridgehead atoms. The largest absolute Gasteiger partial charge is 0.491 e. The quantitative estimate of drug-likeness (QED) is 0.593. The number of ether oxygens (including phenoxy) is 3. The maximum Gasteiger partial charge on any atom is 0.259 e. The lowest BCUT2D eigenvalue weighted by Crippen LogP contribution is -2.59. The van der Waals surface area contributed by atoms with Crippen molar-refractivity contribution in [1.82, 2.24) is 4.98 Å². The number of aliphatic hydroxyl groups excluding tert-OH is 3. The van der Waals surface area contributed by atoms with Gasteiger partial charge in [-0.05, 0) is 12.1 Å². The summed E-state index contributed by atoms with van der Waals surface area (Å²) < 4.78 is 15.6. The Kier molecular flexibility index (Phi) is 5.02. The Balaban J connectivity index is 2.20. The predicted molar refractivity (Wildman–Crippen MR) is 68.8 cm³/mol. The molecule has 0 spiro atoms. The number of pyridine rings is 1. The number of nitrogens with zero attached hydrogens (tertiary/aromatic N) is 2. The Bertz CT molecular complexity index is 486. The van der Waals surface area contributed by atoms with Crippen LogP contribution < -0.4 is 9.47 Å². The van der Waals surface area contributed by atoms with E-state index in [1.165, 1.54) is 13.3 Å². The van der Waals surface area contributed by atoms with Crippen molar-refractivity contribution >= 4 is 0 Å². The lowest BCUT2D eigenvalue weighted by Gasteiger charge is -2.38. The summed E-state index contributed by atoms with van der Waals surface area (Å²) in [6, 6.07) is 1.83. The van der Waals surface area contributed by atoms with E-state index in [4.69, 9.17) is 19.3 Å². The van der Waals surface area contributed by atoms with Crippen LogP contribution in [0.4, 0.5) is 0 Å². The summed E-state index contributed by atoms with van der Waals surface area (Å²) in [5.41, 5.74) is 0. The summed E-state index contributed by atoms with van der Waals surface area (Å²) in [5.74, 6) is 0.345. The van der Waals surface area contributed by atoms with Crippen LogP contribution in [-0.4, -0.2) is 64.7 Å². The first-order chi connectivity index (χ1) is 10.1. The van der Waals surface area contributed by atoms with Gasteiger partial charge in [0.2, 0.25) is 6.29 Å². The fourth-order valence-corrected chi connectivity index (χ4v) is 2.02. The van der Waals surface area contributed by atoms with E-state index in [1.807, 2.05) is 0 Å². The van der Waals surface area contributed by atoms with Crippen molar-refractivity contribution in [3.8, 4) is 11.6 Å². The minimum absolute atomic E-state index is 0.0433. The second-order valence-electron chi connectivity index (χ2n) is 4.43. The Labute approximate surface area is 120 Å². The normalized spacial score (nSPS) is 32.5. The van der Waals surface area contributed by atoms with Gasteiger partial charge in [-0.2, -0.15) is 4.91 Å². The monoisotopic (exact) mass is 300 g/mol. The van der Waals surface area contributed by atoms with Crippen molar-refractivity contribution in [2.24, 2.45) is 5.18 Å². The van der Waals surface area contributed by atoms with Crippen molar-refractivity contribution < 1.29 is 29.5 Å². The second-order valence-corrected chi connectivity index (χ2v) is 4.43. The molecule has 1 aliphatic heterocycles. The van der Waals surface area contributed by atoms with E-state index in [9.17, 15) is 15.1 Å². The molecule has 21 heavy (non-hydrogen) atoms. The Morgan fingerprint density at radius 2 is 2.19 bits per heavy atom. The highest BCUT2D eigenvalue weighted by Gasteiger charge is 2.47. The highest BCUT2D eigenvalue weighted by atomic mass is 16.7. The lowest BCUT2D eigenvalue weighted by molar-refractivity contribution is -0.248. The minimum atomic E-state index is -1.51. The van der Waals surface area contributed by atoms with Crippen molar-refractivity contribution in [2.75, 3.05) is 13.7 Å². The van der Waals surface area contributed by atoms with Gasteiger partial charge < -0.3 is 29.5 Å². The van der Waals surface area contributed by atoms with Crippen LogP contribution >= 0.6 is 0 Å². The summed E-state index contributed by atoms with van der Waals surface area (Å²) in [5, 5.41) is 31.5. The molecule has 9 nitrogen and oxygen atoms in total. The van der Waals surface area contributed by atoms with Gasteiger partial charge in [0.05, 0.1) is 13.7 Å². The van der Waals surface area contributed by atoms with Gasteiger partial charge in [0.1, 0.15) is 18.3 Å². The number of aromatic nitrogens is 1. The first-order valence-corrected chi connectivity index (χ1v) is 6.23. The fourth-order valence-electron chi connectivity index (χ4n) is 2.02. The van der Waals surface area contributed by atoms with Crippen molar-refractivity contribution in [2.45, 2.75) is 30.6 Å². The molecule has 0 aliphatic carbocycles. The van der Waals surface area contributed by atoms with Gasteiger partial charge in [0, 0.05) is 6.20 Å². The van der Waals surface area contributed by atoms with E-state index in [1.54, 1.807) is 12.1 Å². The molecule has 0 radical (unpaired) electrons. The molecule has 9 heteroatoms. The van der Waals surface area contributed by atoms with Crippen LogP contribution in [0.25, 0.3) is 0 Å². The molecule has 0 amide bonds. The highest BCUT2D eigenvalue weighted by Crippen LogP contribution is 2.29. The molecule has 116 valence electrons. The van der Waals surface area contributed by atoms with E-state index in [0.29, 0.717) is 5.75 Å². The Morgan fingerprint density at radius 1 is 1.43 bits per heavy atom. The third-order valence-electron chi connectivity index (χ3n) is 3.15. The molecular formula is C12H16N2O7. The molecule has 1 aromatic rings. The van der Waals surface area contributed by atoms with Gasteiger partial charge in [0.25, 0.3) is 5.88 Å². The molecule has 1 fully saturated rings. The van der Waals surface area contributed by atoms with Crippen molar-refractivity contribution in [3.63, 3.8) is 0 Å². The van der Waals surface area contributed by atoms with Crippen molar-refractivity contribution in [1.29, 1.82) is 0 Å². The van der Waals surface area contributed by atoms with Crippen LogP contribution in [0.3, 0.4) is 0 Å². The topological polar surface area (TPSA) is 131 Å². The van der Waals surface area contributed by atoms with Gasteiger partial charge in [-0.15, -0.1) is 0 Å². The maximum absolute atomic E-state index is 10.8. The van der Waals surface area contributed by atoms with Crippen LogP contribution in [0.2, 0.25) is 0 Å². The average molecular weight is 300 g/mol. The summed E-state index contributed by atoms with van der Waals surface area (Å²) in [4.78, 5) is 14.7. The SMILES string of the molecule is COc1cccnc1OC1OC(CO)C(O)C(N=O)C1O. The molecular weight excluding hydrogens is 284 g/mol. The van der Waals surface area contributed by atoms with Gasteiger partial charge >= 0.3 is 0 Å². The fraction of sp³-hybridized carbons (Fsp3) is 0.583. The van der Waals surface area contributed by atoms with E-state index >= 15 is 0 Å². The Morgan fingerprint density at radius 3 is 2.81 bits per heavy atom. The molecule has 5 unspecified atom stereocenters. The number of methoxy groups -OCH3 is 1. The molecule has 1 aliphatic rings. The summed E-state index contributed by atoms with van der Waals surface area (Å²) in [6.45, 7) is -0.556. The molecule has 2 rings (SSSR count). The molecule has 3 N–H and O–H groups in total. The van der Waals surface area contributed by atoms with Gasteiger partial charge in [0.15, 0.2) is 11.8 Å². The third kappa shape index (κ3) is 3.10. The average Bonchev–Trinajstić information content (AvgIpc) is 2.51. The summed E-state index contributed by atoms with van der Waals surface area (Å²) in [7, 11) is 1.41. The van der Waals surface area contributed by atoms with Crippen LogP contribution in [0.5, 0.6) is 11.6 Å². The number of hydrogen-bond acceptors (Lipinski definition) is 9. The third-order valence-corrected chi connectivity index (χ3v) is 3.15. The standard InChI is InChI=1S/C12H16N2O7/c1-19-6-3-2-4-13-11(6)21-12-10(17)8(14-18)9(16)7(5-15)20-12/h2-4,7-10,12,15-17H,5H2,1H3. The summed E-state index contributed by atoms with van der Waals surface area (Å²) in [6.07, 6.45) is -3.91. The first kappa shape index (κ1) is 15.6. The number of aliphatic hydroxyl groups is 3. The number of hydrogen-bond donors (Lipinski definition) is 3. The van der Waals surface area contributed by atoms with E-state index in [-0.39, 0.29) is 5.88 Å². The van der Waals surface area contributed by atoms with Crippen LogP contribution in [-0.2, 0) is 4.74 Å². The van der Waals surface area contributed by atoms with Gasteiger partial charge in [-0.1, -0.05) is 5.18 Å². The van der Waals surface area contributed by atoms with E-state index in [2.05, 4.69) is 10.2 Å². The van der Waals surface area contributed by atoms with Gasteiger partial charge in [-0.3, -0.25) is 0 Å². The molecule has 1 aromatic heterocycles. The molecule has 0 aromatic carbocycles. The first-order valence-electron chi connectivity index (χ1n) is 6.23. The molecule has 0 saturated carbocycles. The zero-order valence-corrected chi connectivity index (χ0v) is 11.2. The summed E-state index contributed by atoms with van der Waals surface area (Å²) >= 11 is 0. The van der Waals surface area contributed by atoms with Crippen LogP contribution in [0.1, 0.15) is 0 Å². The predicted octanol–water partition coefficient (Wildman–Crippen LogP) is -0.957. The maximum atomic E-state index is 10.8. The lowest BCUT2D eigenvalue weighted by atomic mass is 9.97. The molecule has 2 heterocycles. The second kappa shape index (κ2) is 6.76. The van der Waals surface area contributed by atoms with E-state index in [0.717, 1.165) is 0 Å². The zero-order chi connectivity index (χ0) is 15.4. The Hall–Kier alpha value is -1.81. The van der Waals surface area contributed by atoms with Crippen molar-refractivity contribution in [3.05, 3.63) is 23.2 Å². The minimum Gasteiger partial charge on any atom is -0.491 e. The highest BCUT2D eigenvalue weighted by molar-refractivity contribution is 5.32.